The summed E-state index contributed by atoms with van der Waals surface area (Å²) in [7, 11) is 0. The number of hydrogen-bond donors (Lipinski definition) is 3. The van der Waals surface area contributed by atoms with E-state index < -0.39 is 5.82 Å². The predicted octanol–water partition coefficient (Wildman–Crippen LogP) is 5.25. The number of pyridine rings is 3. The highest BCUT2D eigenvalue weighted by atomic mass is 19.1. The molecule has 5 aromatic heterocycles. The molecule has 7 rings (SSSR count). The van der Waals surface area contributed by atoms with E-state index in [0.29, 0.717) is 39.2 Å². The van der Waals surface area contributed by atoms with Crippen molar-refractivity contribution in [3.63, 3.8) is 0 Å². The Bertz CT molecular complexity index is 1860. The summed E-state index contributed by atoms with van der Waals surface area (Å²) in [6, 6.07) is 7.68. The van der Waals surface area contributed by atoms with Crippen molar-refractivity contribution < 1.29 is 13.6 Å². The van der Waals surface area contributed by atoms with Crippen LogP contribution in [0.5, 0.6) is 0 Å². The van der Waals surface area contributed by atoms with Crippen LogP contribution in [0.1, 0.15) is 12.8 Å². The first-order valence-corrected chi connectivity index (χ1v) is 11.9. The van der Waals surface area contributed by atoms with Crippen LogP contribution in [0.2, 0.25) is 0 Å². The lowest BCUT2D eigenvalue weighted by Crippen LogP contribution is -2.13. The average Bonchev–Trinajstić information content (AvgIpc) is 3.54. The zero-order chi connectivity index (χ0) is 25.8. The number of fused-ring (bicyclic) bond motifs is 2. The number of anilines is 1. The molecule has 1 saturated carbocycles. The van der Waals surface area contributed by atoms with Gasteiger partial charge in [-0.2, -0.15) is 5.10 Å². The molecule has 0 spiro atoms. The predicted molar refractivity (Wildman–Crippen MR) is 137 cm³/mol. The molecule has 1 amide bonds. The third-order valence-electron chi connectivity index (χ3n) is 6.55. The van der Waals surface area contributed by atoms with Crippen LogP contribution in [0, 0.1) is 17.6 Å². The molecule has 6 aromatic rings. The summed E-state index contributed by atoms with van der Waals surface area (Å²) in [6.07, 6.45) is 9.51. The van der Waals surface area contributed by atoms with Gasteiger partial charge >= 0.3 is 0 Å². The number of nitrogens with zero attached hydrogens (tertiary/aromatic N) is 5. The number of halogens is 2. The van der Waals surface area contributed by atoms with E-state index in [1.807, 2.05) is 0 Å². The molecule has 5 heterocycles. The molecule has 0 atom stereocenters. The normalized spacial score (nSPS) is 13.3. The van der Waals surface area contributed by atoms with Crippen molar-refractivity contribution in [2.45, 2.75) is 12.8 Å². The number of nitrogens with one attached hydrogen (secondary N) is 3. The van der Waals surface area contributed by atoms with Gasteiger partial charge in [0.2, 0.25) is 5.91 Å². The van der Waals surface area contributed by atoms with Crippen LogP contribution >= 0.6 is 0 Å². The highest BCUT2D eigenvalue weighted by molar-refractivity contribution is 5.98. The molecule has 9 nitrogen and oxygen atoms in total. The van der Waals surface area contributed by atoms with Crippen molar-refractivity contribution in [1.29, 1.82) is 0 Å². The first-order valence-electron chi connectivity index (χ1n) is 11.9. The summed E-state index contributed by atoms with van der Waals surface area (Å²) >= 11 is 0. The van der Waals surface area contributed by atoms with Gasteiger partial charge in [0.15, 0.2) is 11.6 Å². The molecule has 1 fully saturated rings. The molecule has 3 N–H and O–H groups in total. The van der Waals surface area contributed by atoms with Gasteiger partial charge in [0.1, 0.15) is 17.2 Å². The minimum Gasteiger partial charge on any atom is -0.335 e. The maximum absolute atomic E-state index is 16.0. The average molecular weight is 508 g/mol. The summed E-state index contributed by atoms with van der Waals surface area (Å²) in [5.74, 6) is -0.644. The zero-order valence-electron chi connectivity index (χ0n) is 19.7. The Morgan fingerprint density at radius 1 is 0.921 bits per heavy atom. The molecule has 1 aromatic carbocycles. The Hall–Kier alpha value is -5.06. The number of H-pyrrole nitrogens is 2. The number of aromatic amines is 2. The van der Waals surface area contributed by atoms with Crippen molar-refractivity contribution in [2.24, 2.45) is 5.92 Å². The topological polar surface area (TPSA) is 125 Å². The monoisotopic (exact) mass is 508 g/mol. The van der Waals surface area contributed by atoms with Crippen molar-refractivity contribution in [3.8, 4) is 33.9 Å². The van der Waals surface area contributed by atoms with Crippen LogP contribution in [0.4, 0.5) is 14.5 Å². The summed E-state index contributed by atoms with van der Waals surface area (Å²) < 4.78 is 29.4. The number of carbonyl (C=O) groups excluding carboxylic acids is 1. The smallest absolute Gasteiger partial charge is 0.227 e. The highest BCUT2D eigenvalue weighted by Gasteiger charge is 2.29. The van der Waals surface area contributed by atoms with Crippen molar-refractivity contribution in [1.82, 2.24) is 35.1 Å². The van der Waals surface area contributed by atoms with Gasteiger partial charge in [0.05, 0.1) is 46.2 Å². The van der Waals surface area contributed by atoms with E-state index in [1.54, 1.807) is 30.6 Å². The molecule has 1 aliphatic carbocycles. The molecule has 186 valence electrons. The molecule has 11 heteroatoms. The Morgan fingerprint density at radius 2 is 1.74 bits per heavy atom. The van der Waals surface area contributed by atoms with E-state index in [0.717, 1.165) is 18.4 Å². The summed E-state index contributed by atoms with van der Waals surface area (Å²) in [6.45, 7) is 0. The van der Waals surface area contributed by atoms with Gasteiger partial charge in [-0.25, -0.2) is 13.8 Å². The van der Waals surface area contributed by atoms with Gasteiger partial charge in [-0.1, -0.05) is 12.1 Å². The second-order valence-electron chi connectivity index (χ2n) is 9.18. The number of aromatic nitrogens is 7. The number of carbonyl (C=O) groups is 1. The van der Waals surface area contributed by atoms with E-state index in [-0.39, 0.29) is 34.4 Å². The van der Waals surface area contributed by atoms with Gasteiger partial charge < -0.3 is 10.3 Å². The Balaban J connectivity index is 1.31. The number of benzene rings is 1. The van der Waals surface area contributed by atoms with Crippen LogP contribution in [-0.4, -0.2) is 41.0 Å². The van der Waals surface area contributed by atoms with Gasteiger partial charge in [-0.05, 0) is 36.6 Å². The fraction of sp³-hybridized carbons (Fsp3) is 0.111. The van der Waals surface area contributed by atoms with Gasteiger partial charge in [-0.3, -0.25) is 24.8 Å². The van der Waals surface area contributed by atoms with E-state index in [1.165, 1.54) is 30.7 Å². The van der Waals surface area contributed by atoms with Crippen LogP contribution < -0.4 is 5.32 Å². The quantitative estimate of drug-likeness (QED) is 0.292. The van der Waals surface area contributed by atoms with Crippen LogP contribution in [0.25, 0.3) is 55.8 Å². The number of amides is 1. The fourth-order valence-corrected chi connectivity index (χ4v) is 4.46. The second-order valence-corrected chi connectivity index (χ2v) is 9.18. The van der Waals surface area contributed by atoms with Crippen LogP contribution in [-0.2, 0) is 4.79 Å². The third kappa shape index (κ3) is 3.76. The van der Waals surface area contributed by atoms with Crippen molar-refractivity contribution in [3.05, 3.63) is 73.0 Å². The van der Waals surface area contributed by atoms with E-state index in [2.05, 4.69) is 35.5 Å². The zero-order valence-corrected chi connectivity index (χ0v) is 19.7. The summed E-state index contributed by atoms with van der Waals surface area (Å²) in [5, 5.41) is 10.2. The lowest BCUT2D eigenvalue weighted by molar-refractivity contribution is -0.117. The van der Waals surface area contributed by atoms with Gasteiger partial charge in [0.25, 0.3) is 0 Å². The number of imidazole rings is 1. The maximum Gasteiger partial charge on any atom is 0.227 e. The summed E-state index contributed by atoms with van der Waals surface area (Å²) in [4.78, 5) is 32.7. The van der Waals surface area contributed by atoms with E-state index >= 15 is 4.39 Å². The molecule has 0 bridgehead atoms. The molecule has 1 aliphatic rings. The van der Waals surface area contributed by atoms with Gasteiger partial charge in [0, 0.05) is 29.4 Å². The summed E-state index contributed by atoms with van der Waals surface area (Å²) in [5.41, 5.74) is 4.28. The minimum absolute atomic E-state index is 0.0286. The molecule has 0 saturated heterocycles. The Morgan fingerprint density at radius 3 is 2.55 bits per heavy atom. The van der Waals surface area contributed by atoms with E-state index in [4.69, 9.17) is 4.98 Å². The van der Waals surface area contributed by atoms with Crippen molar-refractivity contribution in [2.75, 3.05) is 5.32 Å². The van der Waals surface area contributed by atoms with E-state index in [9.17, 15) is 9.18 Å². The standard InChI is InChI=1S/C27H18F2N8O/c28-16-5-3-13(4-6-16)18-10-31-11-20-24(18)35-26(34-20)25-21-19(36-37-25)12-32-23(22(21)29)15-7-17(9-30-8-15)33-27(38)14-1-2-14/h3-12,14H,1-2H2,(H,33,38)(H,34,35)(H,36,37). The molecular weight excluding hydrogens is 490 g/mol. The SMILES string of the molecule is O=C(Nc1cncc(-c2ncc3[nH]nc(-c4nc5c(-c6ccc(F)cc6)cncc5[nH]4)c3c2F)c1)C1CC1. The number of hydrogen-bond acceptors (Lipinski definition) is 6. The largest absolute Gasteiger partial charge is 0.335 e. The molecule has 0 aliphatic heterocycles. The second kappa shape index (κ2) is 8.51. The Kier molecular flexibility index (Phi) is 4.96. The van der Waals surface area contributed by atoms with Crippen LogP contribution in [0.15, 0.2) is 61.3 Å². The molecule has 38 heavy (non-hydrogen) atoms. The fourth-order valence-electron chi connectivity index (χ4n) is 4.46. The number of rotatable bonds is 5. The highest BCUT2D eigenvalue weighted by Crippen LogP contribution is 2.35. The van der Waals surface area contributed by atoms with Crippen molar-refractivity contribution >= 4 is 33.5 Å². The Labute approximate surface area is 213 Å². The third-order valence-corrected chi connectivity index (χ3v) is 6.55. The maximum atomic E-state index is 16.0. The lowest BCUT2D eigenvalue weighted by Gasteiger charge is -2.07. The minimum atomic E-state index is -0.601. The molecule has 0 radical (unpaired) electrons. The first-order chi connectivity index (χ1) is 18.5. The molecule has 0 unspecified atom stereocenters. The lowest BCUT2D eigenvalue weighted by atomic mass is 10.1. The van der Waals surface area contributed by atoms with Gasteiger partial charge in [-0.15, -0.1) is 0 Å². The van der Waals surface area contributed by atoms with Crippen LogP contribution in [0.3, 0.4) is 0 Å². The molecular formula is C27H18F2N8O. The first kappa shape index (κ1) is 22.2.